The number of anilines is 1. The highest BCUT2D eigenvalue weighted by molar-refractivity contribution is 5.93. The van der Waals surface area contributed by atoms with Crippen LogP contribution in [0.2, 0.25) is 0 Å². The van der Waals surface area contributed by atoms with Crippen LogP contribution in [-0.4, -0.2) is 19.1 Å². The van der Waals surface area contributed by atoms with Gasteiger partial charge in [-0.3, -0.25) is 10.1 Å². The topological polar surface area (TPSA) is 90.4 Å². The van der Waals surface area contributed by atoms with Crippen molar-refractivity contribution in [2.45, 2.75) is 26.1 Å². The molecule has 0 spiro atoms. The molecule has 0 heterocycles. The second-order valence-corrected chi connectivity index (χ2v) is 4.15. The lowest BCUT2D eigenvalue weighted by Gasteiger charge is -2.21. The number of hydrogen-bond donors (Lipinski definition) is 3. The monoisotopic (exact) mass is 237 g/mol. The van der Waals surface area contributed by atoms with Gasteiger partial charge in [0.25, 0.3) is 0 Å². The highest BCUT2D eigenvalue weighted by Crippen LogP contribution is 2.22. The number of benzene rings is 1. The summed E-state index contributed by atoms with van der Waals surface area (Å²) in [7, 11) is 1.60. The standard InChI is InChI=1S/C12H19N3O2/c1-7(2)15-12(17-3)9-5-4-8(11(14)16)6-10(9)13/h4-7,12,15H,13H2,1-3H3,(H2,14,16). The molecular weight excluding hydrogens is 218 g/mol. The molecule has 5 N–H and O–H groups in total. The van der Waals surface area contributed by atoms with E-state index in [2.05, 4.69) is 5.32 Å². The maximum absolute atomic E-state index is 11.0. The van der Waals surface area contributed by atoms with Gasteiger partial charge >= 0.3 is 0 Å². The third-order valence-corrected chi connectivity index (χ3v) is 2.37. The van der Waals surface area contributed by atoms with E-state index in [1.807, 2.05) is 13.8 Å². The summed E-state index contributed by atoms with van der Waals surface area (Å²) in [6.07, 6.45) is -0.295. The highest BCUT2D eigenvalue weighted by Gasteiger charge is 2.15. The zero-order chi connectivity index (χ0) is 13.0. The number of carbonyl (C=O) groups excluding carboxylic acids is 1. The van der Waals surface area contributed by atoms with Crippen molar-refractivity contribution in [2.75, 3.05) is 12.8 Å². The average molecular weight is 237 g/mol. The van der Waals surface area contributed by atoms with Crippen LogP contribution in [0.1, 0.15) is 36.0 Å². The first kappa shape index (κ1) is 13.5. The highest BCUT2D eigenvalue weighted by atomic mass is 16.5. The largest absolute Gasteiger partial charge is 0.398 e. The van der Waals surface area contributed by atoms with E-state index < -0.39 is 5.91 Å². The maximum atomic E-state index is 11.0. The Balaban J connectivity index is 3.00. The van der Waals surface area contributed by atoms with Crippen LogP contribution < -0.4 is 16.8 Å². The number of hydrogen-bond acceptors (Lipinski definition) is 4. The molecule has 0 aromatic heterocycles. The van der Waals surface area contributed by atoms with Gasteiger partial charge in [-0.05, 0) is 26.0 Å². The summed E-state index contributed by atoms with van der Waals surface area (Å²) in [6, 6.07) is 5.21. The number of carbonyl (C=O) groups is 1. The molecule has 0 fully saturated rings. The van der Waals surface area contributed by atoms with E-state index in [1.54, 1.807) is 25.3 Å². The van der Waals surface area contributed by atoms with Crippen molar-refractivity contribution in [1.29, 1.82) is 0 Å². The Bertz CT molecular complexity index is 405. The lowest BCUT2D eigenvalue weighted by Crippen LogP contribution is -2.30. The van der Waals surface area contributed by atoms with Gasteiger partial charge in [-0.1, -0.05) is 6.07 Å². The number of methoxy groups -OCH3 is 1. The Kier molecular flexibility index (Phi) is 4.48. The molecule has 1 unspecified atom stereocenters. The van der Waals surface area contributed by atoms with Crippen LogP contribution in [0, 0.1) is 0 Å². The molecule has 5 nitrogen and oxygen atoms in total. The first-order valence-corrected chi connectivity index (χ1v) is 5.43. The quantitative estimate of drug-likeness (QED) is 0.526. The Hall–Kier alpha value is -1.59. The van der Waals surface area contributed by atoms with Gasteiger partial charge in [0.15, 0.2) is 0 Å². The zero-order valence-electron chi connectivity index (χ0n) is 10.4. The molecule has 5 heteroatoms. The molecule has 0 aliphatic rings. The lowest BCUT2D eigenvalue weighted by atomic mass is 10.1. The van der Waals surface area contributed by atoms with Crippen LogP contribution in [-0.2, 0) is 4.74 Å². The molecule has 0 radical (unpaired) electrons. The van der Waals surface area contributed by atoms with Crippen molar-refractivity contribution in [1.82, 2.24) is 5.32 Å². The maximum Gasteiger partial charge on any atom is 0.248 e. The Morgan fingerprint density at radius 2 is 2.06 bits per heavy atom. The van der Waals surface area contributed by atoms with Crippen molar-refractivity contribution in [3.8, 4) is 0 Å². The Labute approximate surface area is 101 Å². The van der Waals surface area contributed by atoms with Gasteiger partial charge in [0.1, 0.15) is 6.23 Å². The van der Waals surface area contributed by atoms with Crippen LogP contribution in [0.5, 0.6) is 0 Å². The van der Waals surface area contributed by atoms with Gasteiger partial charge in [-0.15, -0.1) is 0 Å². The molecule has 1 amide bonds. The normalized spacial score (nSPS) is 12.7. The minimum atomic E-state index is -0.492. The summed E-state index contributed by atoms with van der Waals surface area (Å²) in [5.74, 6) is -0.492. The second kappa shape index (κ2) is 5.65. The van der Waals surface area contributed by atoms with Crippen molar-refractivity contribution >= 4 is 11.6 Å². The minimum absolute atomic E-state index is 0.259. The van der Waals surface area contributed by atoms with E-state index in [-0.39, 0.29) is 12.3 Å². The average Bonchev–Trinajstić information content (AvgIpc) is 2.25. The van der Waals surface area contributed by atoms with Gasteiger partial charge in [-0.25, -0.2) is 0 Å². The van der Waals surface area contributed by atoms with Crippen molar-refractivity contribution < 1.29 is 9.53 Å². The molecule has 0 saturated heterocycles. The summed E-state index contributed by atoms with van der Waals surface area (Å²) in [5, 5.41) is 3.22. The number of ether oxygens (including phenoxy) is 1. The number of rotatable bonds is 5. The molecule has 0 saturated carbocycles. The zero-order valence-corrected chi connectivity index (χ0v) is 10.4. The van der Waals surface area contributed by atoms with E-state index in [4.69, 9.17) is 16.2 Å². The van der Waals surface area contributed by atoms with Gasteiger partial charge < -0.3 is 16.2 Å². The number of nitrogen functional groups attached to an aromatic ring is 1. The number of nitrogens with one attached hydrogen (secondary N) is 1. The molecule has 1 aromatic rings. The van der Waals surface area contributed by atoms with E-state index in [0.29, 0.717) is 11.3 Å². The van der Waals surface area contributed by atoms with Crippen molar-refractivity contribution in [2.24, 2.45) is 5.73 Å². The Morgan fingerprint density at radius 3 is 2.47 bits per heavy atom. The molecule has 1 aromatic carbocycles. The molecule has 0 aliphatic heterocycles. The third kappa shape index (κ3) is 3.44. The SMILES string of the molecule is COC(NC(C)C)c1ccc(C(N)=O)cc1N. The molecule has 94 valence electrons. The summed E-state index contributed by atoms with van der Waals surface area (Å²) in [6.45, 7) is 4.03. The summed E-state index contributed by atoms with van der Waals surface area (Å²) < 4.78 is 5.32. The van der Waals surface area contributed by atoms with Crippen LogP contribution in [0.3, 0.4) is 0 Å². The van der Waals surface area contributed by atoms with Gasteiger partial charge in [0, 0.05) is 30.0 Å². The van der Waals surface area contributed by atoms with Gasteiger partial charge in [-0.2, -0.15) is 0 Å². The van der Waals surface area contributed by atoms with Crippen LogP contribution in [0.25, 0.3) is 0 Å². The fourth-order valence-corrected chi connectivity index (χ4v) is 1.55. The molecule has 1 atom stereocenters. The van der Waals surface area contributed by atoms with Crippen LogP contribution in [0.15, 0.2) is 18.2 Å². The molecular formula is C12H19N3O2. The molecule has 17 heavy (non-hydrogen) atoms. The predicted molar refractivity (Wildman–Crippen MR) is 67.4 cm³/mol. The van der Waals surface area contributed by atoms with Crippen molar-refractivity contribution in [3.05, 3.63) is 29.3 Å². The first-order chi connectivity index (χ1) is 7.95. The summed E-state index contributed by atoms with van der Waals surface area (Å²) in [5.41, 5.74) is 12.7. The number of primary amides is 1. The predicted octanol–water partition coefficient (Wildman–Crippen LogP) is 1.01. The minimum Gasteiger partial charge on any atom is -0.398 e. The van der Waals surface area contributed by atoms with E-state index >= 15 is 0 Å². The van der Waals surface area contributed by atoms with E-state index in [1.165, 1.54) is 0 Å². The fraction of sp³-hybridized carbons (Fsp3) is 0.417. The first-order valence-electron chi connectivity index (χ1n) is 5.43. The van der Waals surface area contributed by atoms with E-state index in [9.17, 15) is 4.79 Å². The van der Waals surface area contributed by atoms with Crippen LogP contribution in [0.4, 0.5) is 5.69 Å². The van der Waals surface area contributed by atoms with Crippen LogP contribution >= 0.6 is 0 Å². The van der Waals surface area contributed by atoms with Gasteiger partial charge in [0.05, 0.1) is 0 Å². The Morgan fingerprint density at radius 1 is 1.41 bits per heavy atom. The number of nitrogens with two attached hydrogens (primary N) is 2. The van der Waals surface area contributed by atoms with Crippen molar-refractivity contribution in [3.63, 3.8) is 0 Å². The summed E-state index contributed by atoms with van der Waals surface area (Å²) in [4.78, 5) is 11.0. The third-order valence-electron chi connectivity index (χ3n) is 2.37. The van der Waals surface area contributed by atoms with Gasteiger partial charge in [0.2, 0.25) is 5.91 Å². The second-order valence-electron chi connectivity index (χ2n) is 4.15. The molecule has 0 aliphatic carbocycles. The van der Waals surface area contributed by atoms with E-state index in [0.717, 1.165) is 5.56 Å². The number of amides is 1. The molecule has 1 rings (SSSR count). The fourth-order valence-electron chi connectivity index (χ4n) is 1.55. The lowest BCUT2D eigenvalue weighted by molar-refractivity contribution is 0.0670. The summed E-state index contributed by atoms with van der Waals surface area (Å²) >= 11 is 0. The molecule has 0 bridgehead atoms. The smallest absolute Gasteiger partial charge is 0.248 e.